The maximum Gasteiger partial charge on any atom is 0.0542 e. The summed E-state index contributed by atoms with van der Waals surface area (Å²) in [5.74, 6) is 0. The first-order valence-corrected chi connectivity index (χ1v) is 37.2. The summed E-state index contributed by atoms with van der Waals surface area (Å²) in [5.41, 5.74) is 39.1. The van der Waals surface area contributed by atoms with E-state index in [1.807, 2.05) is 0 Å². The van der Waals surface area contributed by atoms with Crippen molar-refractivity contribution in [2.75, 3.05) is 19.6 Å². The Bertz CT molecular complexity index is 5940. The van der Waals surface area contributed by atoms with Gasteiger partial charge in [-0.3, -0.25) is 0 Å². The van der Waals surface area contributed by atoms with Gasteiger partial charge >= 0.3 is 0 Å². The van der Waals surface area contributed by atoms with Gasteiger partial charge in [-0.15, -0.1) is 0 Å². The summed E-state index contributed by atoms with van der Waals surface area (Å²) >= 11 is 0. The minimum Gasteiger partial charge on any atom is -0.309 e. The first-order valence-electron chi connectivity index (χ1n) is 37.2. The second kappa shape index (κ2) is 23.5. The zero-order chi connectivity index (χ0) is 70.7. The van der Waals surface area contributed by atoms with Crippen LogP contribution in [0.3, 0.4) is 0 Å². The van der Waals surface area contributed by atoms with Crippen molar-refractivity contribution in [3.8, 4) is 100 Å². The zero-order valence-corrected chi connectivity index (χ0v) is 58.6. The number of fused-ring (bicyclic) bond motifs is 26. The predicted molar refractivity (Wildman–Crippen MR) is 452 cm³/mol. The molecule has 0 radical (unpaired) electrons. The van der Waals surface area contributed by atoms with Crippen LogP contribution in [0.5, 0.6) is 0 Å². The highest BCUT2D eigenvalue weighted by molar-refractivity contribution is 6.17. The molecule has 6 heteroatoms. The number of para-hydroxylation sites is 8. The molecular weight excluding hydrogens is 1310 g/mol. The molecule has 19 aromatic rings. The fourth-order valence-electron chi connectivity index (χ4n) is 18.5. The van der Waals surface area contributed by atoms with Gasteiger partial charge in [0.2, 0.25) is 0 Å². The third-order valence-corrected chi connectivity index (χ3v) is 23.0. The molecule has 23 rings (SSSR count). The smallest absolute Gasteiger partial charge is 0.0542 e. The van der Waals surface area contributed by atoms with Gasteiger partial charge in [0.25, 0.3) is 0 Å². The van der Waals surface area contributed by atoms with Crippen LogP contribution in [0.15, 0.2) is 388 Å². The number of anilines is 12. The van der Waals surface area contributed by atoms with E-state index in [4.69, 9.17) is 0 Å². The third-order valence-electron chi connectivity index (χ3n) is 23.0. The van der Waals surface area contributed by atoms with Crippen LogP contribution in [0.25, 0.3) is 144 Å². The molecule has 0 aliphatic carbocycles. The maximum atomic E-state index is 2.50. The van der Waals surface area contributed by atoms with Gasteiger partial charge in [0, 0.05) is 100 Å². The van der Waals surface area contributed by atoms with E-state index >= 15 is 0 Å². The standard InChI is InChI=1S/C102H64N6/c1-2-29-72-71(28-1)79-36-9-17-44-91(79)105(92-45-18-10-37-80(72)92)67-52-56-99-87(61-67)88-62-68(106-93-46-19-11-38-81(93)73-30-3-4-31-74(73)82-39-12-20-47-94(82)106)53-57-100(88)103(99)65-26-25-27-66(60-65)104-101-58-54-69(107-95-48-21-13-40-83(95)75-32-5-6-33-76(75)84-41-14-22-49-96(84)107)63-89(101)90-64-70(55-59-102(90)104)108-97-50-23-15-42-85(97)77-34-7-8-35-78(77)86-43-16-24-51-98(86)108/h1-64H. The lowest BCUT2D eigenvalue weighted by Gasteiger charge is -2.27. The highest BCUT2D eigenvalue weighted by atomic mass is 15.2. The maximum absolute atomic E-state index is 2.50. The zero-order valence-electron chi connectivity index (χ0n) is 58.6. The van der Waals surface area contributed by atoms with E-state index < -0.39 is 0 Å². The summed E-state index contributed by atoms with van der Waals surface area (Å²) in [7, 11) is 0. The monoisotopic (exact) mass is 1370 g/mol. The second-order valence-corrected chi connectivity index (χ2v) is 28.7. The molecular formula is C102H64N6. The van der Waals surface area contributed by atoms with Gasteiger partial charge in [-0.1, -0.05) is 249 Å². The molecule has 4 aliphatic rings. The van der Waals surface area contributed by atoms with E-state index in [-0.39, 0.29) is 0 Å². The highest BCUT2D eigenvalue weighted by Crippen LogP contribution is 2.57. The van der Waals surface area contributed by atoms with Crippen LogP contribution in [-0.2, 0) is 0 Å². The molecule has 6 heterocycles. The van der Waals surface area contributed by atoms with Crippen LogP contribution in [0.4, 0.5) is 68.2 Å². The van der Waals surface area contributed by atoms with Gasteiger partial charge in [-0.05, 0) is 184 Å². The third kappa shape index (κ3) is 8.83. The van der Waals surface area contributed by atoms with E-state index in [9.17, 15) is 0 Å². The van der Waals surface area contributed by atoms with E-state index in [2.05, 4.69) is 417 Å². The van der Waals surface area contributed by atoms with Crippen LogP contribution in [0.2, 0.25) is 0 Å². The first kappa shape index (κ1) is 60.0. The van der Waals surface area contributed by atoms with Crippen LogP contribution < -0.4 is 19.6 Å². The molecule has 6 nitrogen and oxygen atoms in total. The Morgan fingerprint density at radius 3 is 0.472 bits per heavy atom. The Balaban J connectivity index is 0.758. The summed E-state index contributed by atoms with van der Waals surface area (Å²) in [6.45, 7) is 0. The highest BCUT2D eigenvalue weighted by Gasteiger charge is 2.33. The van der Waals surface area contributed by atoms with E-state index in [1.54, 1.807) is 0 Å². The van der Waals surface area contributed by atoms with Crippen molar-refractivity contribution in [1.29, 1.82) is 0 Å². The number of aromatic nitrogens is 2. The summed E-state index contributed by atoms with van der Waals surface area (Å²) < 4.78 is 5.01. The van der Waals surface area contributed by atoms with Gasteiger partial charge in [-0.25, -0.2) is 0 Å². The molecule has 0 fully saturated rings. The van der Waals surface area contributed by atoms with Crippen LogP contribution >= 0.6 is 0 Å². The quantitative estimate of drug-likeness (QED) is 0.165. The molecule has 0 unspecified atom stereocenters. The Morgan fingerprint density at radius 1 is 0.120 bits per heavy atom. The number of benzene rings is 17. The topological polar surface area (TPSA) is 22.8 Å². The van der Waals surface area contributed by atoms with Crippen LogP contribution in [0.1, 0.15) is 0 Å². The van der Waals surface area contributed by atoms with E-state index in [0.29, 0.717) is 0 Å². The van der Waals surface area contributed by atoms with Crippen molar-refractivity contribution in [1.82, 2.24) is 9.13 Å². The van der Waals surface area contributed by atoms with Crippen molar-refractivity contribution in [3.05, 3.63) is 388 Å². The number of hydrogen-bond donors (Lipinski definition) is 0. The summed E-state index contributed by atoms with van der Waals surface area (Å²) in [5, 5.41) is 4.57. The summed E-state index contributed by atoms with van der Waals surface area (Å²) in [6.07, 6.45) is 0. The summed E-state index contributed by atoms with van der Waals surface area (Å²) in [4.78, 5) is 9.95. The molecule has 0 N–H and O–H groups in total. The molecule has 0 saturated heterocycles. The number of nitrogens with zero attached hydrogens (tertiary/aromatic N) is 6. The first-order chi connectivity index (χ1) is 53.6. The minimum atomic E-state index is 1.05. The Hall–Kier alpha value is -14.5. The average Bonchev–Trinajstić information content (AvgIpc) is 1.59. The Labute approximate surface area is 625 Å². The van der Waals surface area contributed by atoms with Crippen molar-refractivity contribution in [2.24, 2.45) is 0 Å². The number of hydrogen-bond acceptors (Lipinski definition) is 4. The Kier molecular flexibility index (Phi) is 13.1. The van der Waals surface area contributed by atoms with Gasteiger partial charge < -0.3 is 28.7 Å². The minimum absolute atomic E-state index is 1.05. The molecule has 17 aromatic carbocycles. The SMILES string of the molecule is c1cc(-n2c3ccc(N4c5ccccc5-c5ccccc5-c5ccccc54)cc3c3cc(N4c5ccccc5-c5ccccc5-c5ccccc54)ccc32)cc(-n2c3ccc(N4c5ccccc5-c5ccccc5-c5ccccc54)cc3c3cc(N4c5ccccc5-c5ccccc5-c5ccccc54)ccc32)c1. The van der Waals surface area contributed by atoms with Gasteiger partial charge in [0.05, 0.1) is 67.6 Å². The molecule has 502 valence electrons. The van der Waals surface area contributed by atoms with Gasteiger partial charge in [0.15, 0.2) is 0 Å². The lowest BCUT2D eigenvalue weighted by atomic mass is 9.95. The number of rotatable bonds is 6. The fraction of sp³-hybridized carbons (Fsp3) is 0. The van der Waals surface area contributed by atoms with Gasteiger partial charge in [0.1, 0.15) is 0 Å². The molecule has 0 bridgehead atoms. The molecule has 0 atom stereocenters. The molecule has 4 aliphatic heterocycles. The van der Waals surface area contributed by atoms with E-state index in [0.717, 1.165) is 123 Å². The van der Waals surface area contributed by atoms with E-state index in [1.165, 1.54) is 89.0 Å². The fourth-order valence-corrected chi connectivity index (χ4v) is 18.5. The molecule has 0 saturated carbocycles. The van der Waals surface area contributed by atoms with Crippen molar-refractivity contribution in [2.45, 2.75) is 0 Å². The van der Waals surface area contributed by atoms with Crippen molar-refractivity contribution >= 4 is 112 Å². The molecule has 2 aromatic heterocycles. The van der Waals surface area contributed by atoms with Crippen molar-refractivity contribution < 1.29 is 0 Å². The average molecular weight is 1370 g/mol. The second-order valence-electron chi connectivity index (χ2n) is 28.7. The molecule has 0 amide bonds. The van der Waals surface area contributed by atoms with Gasteiger partial charge in [-0.2, -0.15) is 0 Å². The van der Waals surface area contributed by atoms with Crippen molar-refractivity contribution in [3.63, 3.8) is 0 Å². The summed E-state index contributed by atoms with van der Waals surface area (Å²) in [6, 6.07) is 145. The van der Waals surface area contributed by atoms with Crippen LogP contribution in [0, 0.1) is 0 Å². The largest absolute Gasteiger partial charge is 0.309 e. The molecule has 108 heavy (non-hydrogen) atoms. The lowest BCUT2D eigenvalue weighted by molar-refractivity contribution is 1.13. The Morgan fingerprint density at radius 2 is 0.287 bits per heavy atom. The van der Waals surface area contributed by atoms with Crippen LogP contribution in [-0.4, -0.2) is 9.13 Å². The predicted octanol–water partition coefficient (Wildman–Crippen LogP) is 28.3. The normalized spacial score (nSPS) is 12.7. The molecule has 0 spiro atoms. The lowest BCUT2D eigenvalue weighted by Crippen LogP contribution is -2.11.